The second-order valence-corrected chi connectivity index (χ2v) is 21.8. The van der Waals surface area contributed by atoms with Gasteiger partial charge < -0.3 is 37.0 Å². The van der Waals surface area contributed by atoms with Crippen LogP contribution in [0.3, 0.4) is 0 Å². The first-order valence-corrected chi connectivity index (χ1v) is 26.1. The van der Waals surface area contributed by atoms with Crippen LogP contribution in [0.25, 0.3) is 0 Å². The van der Waals surface area contributed by atoms with Crippen LogP contribution in [0.15, 0.2) is 94.6 Å². The van der Waals surface area contributed by atoms with Gasteiger partial charge in [-0.1, -0.05) is 54.6 Å². The van der Waals surface area contributed by atoms with Crippen molar-refractivity contribution in [3.8, 4) is 17.6 Å². The average molecular weight is 968 g/mol. The number of methoxy groups -OCH3 is 2. The Hall–Kier alpha value is -3.81. The van der Waals surface area contributed by atoms with Gasteiger partial charge in [0.2, 0.25) is 0 Å². The number of benzene rings is 3. The molecule has 15 nitrogen and oxygen atoms in total. The predicted octanol–water partition coefficient (Wildman–Crippen LogP) is 9.20. The number of hydrogen-bond donors (Lipinski definition) is 1. The van der Waals surface area contributed by atoms with Gasteiger partial charge in [0, 0.05) is 42.3 Å². The van der Waals surface area contributed by atoms with E-state index in [2.05, 4.69) is 48.1 Å². The molecule has 0 radical (unpaired) electrons. The van der Waals surface area contributed by atoms with Crippen molar-refractivity contribution in [2.24, 2.45) is 0 Å². The lowest BCUT2D eigenvalue weighted by Crippen LogP contribution is -2.40. The molecule has 1 fully saturated rings. The lowest BCUT2D eigenvalue weighted by Gasteiger charge is -2.40. The molecule has 1 aliphatic heterocycles. The van der Waals surface area contributed by atoms with Crippen molar-refractivity contribution in [2.45, 2.75) is 123 Å². The summed E-state index contributed by atoms with van der Waals surface area (Å²) in [4.78, 5) is 28.3. The van der Waals surface area contributed by atoms with Gasteiger partial charge in [0.1, 0.15) is 29.4 Å². The molecule has 18 heteroatoms. The number of H-pyrrole nitrogens is 1. The van der Waals surface area contributed by atoms with Crippen molar-refractivity contribution in [3.63, 3.8) is 0 Å². The van der Waals surface area contributed by atoms with Gasteiger partial charge >= 0.3 is 5.69 Å². The van der Waals surface area contributed by atoms with Gasteiger partial charge in [-0.15, -0.1) is 0 Å². The van der Waals surface area contributed by atoms with E-state index < -0.39 is 50.5 Å². The fourth-order valence-corrected chi connectivity index (χ4v) is 13.7. The van der Waals surface area contributed by atoms with Crippen molar-refractivity contribution < 1.29 is 37.0 Å². The van der Waals surface area contributed by atoms with Gasteiger partial charge in [0.25, 0.3) is 20.7 Å². The number of aryl methyl sites for hydroxylation is 1. The molecule has 1 saturated heterocycles. The van der Waals surface area contributed by atoms with Crippen molar-refractivity contribution in [2.75, 3.05) is 40.6 Å². The van der Waals surface area contributed by atoms with Crippen LogP contribution in [0.1, 0.15) is 96.7 Å². The summed E-state index contributed by atoms with van der Waals surface area (Å²) in [6, 6.07) is 27.7. The van der Waals surface area contributed by atoms with Crippen LogP contribution in [-0.4, -0.2) is 95.9 Å². The van der Waals surface area contributed by atoms with Crippen LogP contribution in [0, 0.1) is 18.3 Å². The first kappa shape index (κ1) is 53.1. The van der Waals surface area contributed by atoms with Gasteiger partial charge in [0.05, 0.1) is 59.2 Å². The Morgan fingerprint density at radius 3 is 1.89 bits per heavy atom. The number of aromatic nitrogens is 2. The Labute approximate surface area is 396 Å². The smallest absolute Gasteiger partial charge is 0.330 e. The third-order valence-electron chi connectivity index (χ3n) is 11.1. The highest BCUT2D eigenvalue weighted by atomic mass is 32.5. The summed E-state index contributed by atoms with van der Waals surface area (Å²) in [6.07, 6.45) is -0.298. The first-order chi connectivity index (χ1) is 31.5. The molecule has 1 aliphatic rings. The zero-order valence-electron chi connectivity index (χ0n) is 40.0. The molecule has 3 aromatic carbocycles. The molecule has 66 heavy (non-hydrogen) atoms. The van der Waals surface area contributed by atoms with Crippen molar-refractivity contribution in [3.05, 3.63) is 128 Å². The highest BCUT2D eigenvalue weighted by Gasteiger charge is 2.45. The van der Waals surface area contributed by atoms with Crippen molar-refractivity contribution in [1.29, 1.82) is 5.26 Å². The number of nitrogens with one attached hydrogen (secondary N) is 1. The van der Waals surface area contributed by atoms with E-state index in [1.165, 1.54) is 10.8 Å². The lowest BCUT2D eigenvalue weighted by atomic mass is 9.80. The molecule has 5 atom stereocenters. The Morgan fingerprint density at radius 2 is 1.38 bits per heavy atom. The van der Waals surface area contributed by atoms with Crippen molar-refractivity contribution in [1.82, 2.24) is 18.9 Å². The van der Waals surface area contributed by atoms with Crippen LogP contribution in [0.4, 0.5) is 0 Å². The van der Waals surface area contributed by atoms with E-state index >= 15 is 0 Å². The fourth-order valence-electron chi connectivity index (χ4n) is 8.26. The highest BCUT2D eigenvalue weighted by Crippen LogP contribution is 2.56. The van der Waals surface area contributed by atoms with Gasteiger partial charge in [-0.3, -0.25) is 14.3 Å². The number of ether oxygens (including phenoxy) is 4. The maximum atomic E-state index is 13.4. The van der Waals surface area contributed by atoms with E-state index in [9.17, 15) is 14.9 Å². The number of nitriles is 1. The second-order valence-electron chi connectivity index (χ2n) is 17.1. The molecule has 0 saturated carbocycles. The van der Waals surface area contributed by atoms with Gasteiger partial charge in [-0.2, -0.15) is 5.26 Å². The molecule has 0 bridgehead atoms. The number of rotatable bonds is 25. The Bertz CT molecular complexity index is 2280. The lowest BCUT2D eigenvalue weighted by molar-refractivity contribution is -0.0926. The summed E-state index contributed by atoms with van der Waals surface area (Å²) in [5.41, 5.74) is 0.650. The van der Waals surface area contributed by atoms with Gasteiger partial charge in [-0.25, -0.2) is 14.1 Å². The van der Waals surface area contributed by atoms with Crippen LogP contribution in [0.5, 0.6) is 11.5 Å². The van der Waals surface area contributed by atoms with E-state index in [0.717, 1.165) is 16.7 Å². The second kappa shape index (κ2) is 24.5. The summed E-state index contributed by atoms with van der Waals surface area (Å²) >= 11 is 6.11. The summed E-state index contributed by atoms with van der Waals surface area (Å²) in [5.74, 6) is 1.38. The minimum atomic E-state index is -3.02. The van der Waals surface area contributed by atoms with Crippen LogP contribution in [-0.2, 0) is 45.0 Å². The minimum Gasteiger partial charge on any atom is -0.497 e. The van der Waals surface area contributed by atoms with Gasteiger partial charge in [-0.05, 0) is 115 Å². The molecule has 0 amide bonds. The molecular formula is C48H67N5O10P2S. The standard InChI is InChI=1S/C48H67N5O10P2S/c1-33(2)52(34(3)4)64(59-28-29-61-65(66,60-27-15-26-49)53(35(5)6)36(7)8)63-43-30-45(51-31-37(9)46(54)50-47(51)55)62-44(43)32-58-48(38-16-13-12-14-17-38,39-18-22-41(56-10)23-19-39)40-20-24-42(57-11)25-21-40/h12-14,16-25,31,33-36,43-45H,15,27-30,32H2,1-11H3,(H,50,54,55). The zero-order valence-corrected chi connectivity index (χ0v) is 42.6. The van der Waals surface area contributed by atoms with Crippen LogP contribution >= 0.6 is 15.2 Å². The zero-order chi connectivity index (χ0) is 48.2. The molecule has 0 aliphatic carbocycles. The molecule has 4 aromatic rings. The third kappa shape index (κ3) is 12.8. The summed E-state index contributed by atoms with van der Waals surface area (Å²) < 4.78 is 57.4. The van der Waals surface area contributed by atoms with Crippen LogP contribution in [0.2, 0.25) is 0 Å². The molecule has 5 unspecified atom stereocenters. The quantitative estimate of drug-likeness (QED) is 0.0381. The van der Waals surface area contributed by atoms with E-state index in [1.807, 2.05) is 107 Å². The number of aromatic amines is 1. The maximum absolute atomic E-state index is 13.4. The maximum Gasteiger partial charge on any atom is 0.330 e. The molecule has 1 N–H and O–H groups in total. The Balaban J connectivity index is 1.55. The average Bonchev–Trinajstić information content (AvgIpc) is 3.68. The molecule has 5 rings (SSSR count). The molecule has 360 valence electrons. The molecular weight excluding hydrogens is 901 g/mol. The first-order valence-electron chi connectivity index (χ1n) is 22.4. The number of nitrogens with zero attached hydrogens (tertiary/aromatic N) is 4. The van der Waals surface area contributed by atoms with Gasteiger partial charge in [0.15, 0.2) is 0 Å². The third-order valence-corrected chi connectivity index (χ3v) is 17.0. The largest absolute Gasteiger partial charge is 0.497 e. The van der Waals surface area contributed by atoms with E-state index in [1.54, 1.807) is 21.1 Å². The Morgan fingerprint density at radius 1 is 0.833 bits per heavy atom. The van der Waals surface area contributed by atoms with E-state index in [0.29, 0.717) is 17.1 Å². The summed E-state index contributed by atoms with van der Waals surface area (Å²) in [6.45, 7) is 15.5. The SMILES string of the molecule is COc1ccc(C(OCC2OC(n3cc(C)c(=O)[nH]c3=O)CC2OP(OCCOP(=S)(OCCC#N)N(C(C)C)C(C)C)N(C(C)C)C(C)C)(c2ccccc2)c2ccc(OC)cc2)cc1. The summed E-state index contributed by atoms with van der Waals surface area (Å²) in [5, 5.41) is 9.26. The van der Waals surface area contributed by atoms with E-state index in [4.69, 9.17) is 48.8 Å². The molecule has 0 spiro atoms. The summed E-state index contributed by atoms with van der Waals surface area (Å²) in [7, 11) is 1.45. The van der Waals surface area contributed by atoms with Crippen LogP contribution < -0.4 is 20.7 Å². The molecule has 2 heterocycles. The van der Waals surface area contributed by atoms with Crippen molar-refractivity contribution >= 4 is 27.0 Å². The molecule has 1 aromatic heterocycles. The number of hydrogen-bond acceptors (Lipinski definition) is 13. The Kier molecular flexibility index (Phi) is 19.7. The fraction of sp³-hybridized carbons (Fsp3) is 0.521. The highest BCUT2D eigenvalue weighted by molar-refractivity contribution is 8.08. The topological polar surface area (TPSA) is 159 Å². The normalized spacial score (nSPS) is 18.1. The monoisotopic (exact) mass is 967 g/mol. The van der Waals surface area contributed by atoms with E-state index in [-0.39, 0.29) is 63.4 Å². The minimum absolute atomic E-state index is 0.00224. The predicted molar refractivity (Wildman–Crippen MR) is 261 cm³/mol.